The molecule has 0 radical (unpaired) electrons. The Morgan fingerprint density at radius 1 is 1.03 bits per heavy atom. The molecule has 6 nitrogen and oxygen atoms in total. The number of amides is 2. The first kappa shape index (κ1) is 20.5. The quantitative estimate of drug-likeness (QED) is 0.683. The van der Waals surface area contributed by atoms with Crippen LogP contribution in [0.4, 0.5) is 5.69 Å². The smallest absolute Gasteiger partial charge is 0.266 e. The Kier molecular flexibility index (Phi) is 5.58. The molecule has 4 rings (SSSR count). The Bertz CT molecular complexity index is 1130. The van der Waals surface area contributed by atoms with Crippen LogP contribution in [0.15, 0.2) is 24.3 Å². The fourth-order valence-electron chi connectivity index (χ4n) is 3.91. The number of pyridine rings is 1. The SMILES string of the molecule is Cc1cc(C)cc(C(=O)Nc2c(C(=O)N3CCOCC3)sc3nc(C)cc(C)c23)c1. The van der Waals surface area contributed by atoms with Gasteiger partial charge in [-0.3, -0.25) is 9.59 Å². The molecule has 3 heterocycles. The molecule has 0 saturated carbocycles. The van der Waals surface area contributed by atoms with E-state index in [1.165, 1.54) is 11.3 Å². The maximum atomic E-state index is 13.3. The average Bonchev–Trinajstić information content (AvgIpc) is 3.05. The number of carbonyl (C=O) groups excluding carboxylic acids is 2. The molecule has 0 bridgehead atoms. The van der Waals surface area contributed by atoms with Crippen molar-refractivity contribution in [2.45, 2.75) is 27.7 Å². The number of ether oxygens (including phenoxy) is 1. The second kappa shape index (κ2) is 8.16. The van der Waals surface area contributed by atoms with Gasteiger partial charge >= 0.3 is 0 Å². The largest absolute Gasteiger partial charge is 0.378 e. The van der Waals surface area contributed by atoms with Gasteiger partial charge in [-0.05, 0) is 51.5 Å². The zero-order chi connectivity index (χ0) is 21.4. The first-order valence-electron chi connectivity index (χ1n) is 10.0. The predicted octanol–water partition coefficient (Wildman–Crippen LogP) is 4.25. The number of nitrogens with one attached hydrogen (secondary N) is 1. The van der Waals surface area contributed by atoms with Gasteiger partial charge in [0.05, 0.1) is 18.9 Å². The van der Waals surface area contributed by atoms with E-state index in [1.807, 2.05) is 52.0 Å². The minimum absolute atomic E-state index is 0.0888. The minimum atomic E-state index is -0.225. The first-order chi connectivity index (χ1) is 14.3. The van der Waals surface area contributed by atoms with E-state index in [-0.39, 0.29) is 11.8 Å². The molecule has 7 heteroatoms. The maximum absolute atomic E-state index is 13.3. The molecule has 1 aliphatic rings. The Balaban J connectivity index is 1.79. The number of rotatable bonds is 3. The fraction of sp³-hybridized carbons (Fsp3) is 0.348. The van der Waals surface area contributed by atoms with Gasteiger partial charge in [0.25, 0.3) is 11.8 Å². The second-order valence-corrected chi connectivity index (χ2v) is 8.80. The van der Waals surface area contributed by atoms with Crippen LogP contribution in [-0.4, -0.2) is 48.0 Å². The third kappa shape index (κ3) is 3.95. The first-order valence-corrected chi connectivity index (χ1v) is 10.8. The fourth-order valence-corrected chi connectivity index (χ4v) is 5.13. The summed E-state index contributed by atoms with van der Waals surface area (Å²) in [5.74, 6) is -0.313. The number of carbonyl (C=O) groups is 2. The van der Waals surface area contributed by atoms with E-state index < -0.39 is 0 Å². The number of thiophene rings is 1. The molecule has 0 aliphatic carbocycles. The molecule has 1 fully saturated rings. The summed E-state index contributed by atoms with van der Waals surface area (Å²) < 4.78 is 5.38. The molecule has 2 amide bonds. The summed E-state index contributed by atoms with van der Waals surface area (Å²) >= 11 is 1.34. The Morgan fingerprint density at radius 3 is 2.37 bits per heavy atom. The summed E-state index contributed by atoms with van der Waals surface area (Å²) in [6, 6.07) is 7.72. The van der Waals surface area contributed by atoms with Gasteiger partial charge in [0.2, 0.25) is 0 Å². The van der Waals surface area contributed by atoms with Crippen molar-refractivity contribution < 1.29 is 14.3 Å². The molecule has 0 spiro atoms. The Hall–Kier alpha value is -2.77. The molecule has 1 aromatic carbocycles. The number of anilines is 1. The van der Waals surface area contributed by atoms with Crippen molar-refractivity contribution in [1.29, 1.82) is 0 Å². The van der Waals surface area contributed by atoms with E-state index in [4.69, 9.17) is 4.74 Å². The number of nitrogens with zero attached hydrogens (tertiary/aromatic N) is 2. The monoisotopic (exact) mass is 423 g/mol. The lowest BCUT2D eigenvalue weighted by Crippen LogP contribution is -2.40. The second-order valence-electron chi connectivity index (χ2n) is 7.80. The van der Waals surface area contributed by atoms with Crippen LogP contribution in [0.25, 0.3) is 10.2 Å². The van der Waals surface area contributed by atoms with Crippen LogP contribution in [0.2, 0.25) is 0 Å². The highest BCUT2D eigenvalue weighted by Crippen LogP contribution is 2.38. The van der Waals surface area contributed by atoms with Gasteiger partial charge in [-0.2, -0.15) is 0 Å². The van der Waals surface area contributed by atoms with E-state index in [0.717, 1.165) is 32.6 Å². The van der Waals surface area contributed by atoms with E-state index >= 15 is 0 Å². The molecule has 1 aliphatic heterocycles. The lowest BCUT2D eigenvalue weighted by molar-refractivity contribution is 0.0307. The van der Waals surface area contributed by atoms with E-state index in [1.54, 1.807) is 4.90 Å². The number of hydrogen-bond acceptors (Lipinski definition) is 5. The number of fused-ring (bicyclic) bond motifs is 1. The van der Waals surface area contributed by atoms with Crippen molar-refractivity contribution in [3.8, 4) is 0 Å². The summed E-state index contributed by atoms with van der Waals surface area (Å²) in [7, 11) is 0. The topological polar surface area (TPSA) is 71.5 Å². The maximum Gasteiger partial charge on any atom is 0.266 e. The van der Waals surface area contributed by atoms with Crippen LogP contribution in [-0.2, 0) is 4.74 Å². The highest BCUT2D eigenvalue weighted by Gasteiger charge is 2.27. The third-order valence-electron chi connectivity index (χ3n) is 5.20. The van der Waals surface area contributed by atoms with Crippen LogP contribution >= 0.6 is 11.3 Å². The van der Waals surface area contributed by atoms with Crippen molar-refractivity contribution in [1.82, 2.24) is 9.88 Å². The van der Waals surface area contributed by atoms with Gasteiger partial charge in [-0.25, -0.2) is 4.98 Å². The molecule has 1 saturated heterocycles. The lowest BCUT2D eigenvalue weighted by atomic mass is 10.1. The molecule has 30 heavy (non-hydrogen) atoms. The van der Waals surface area contributed by atoms with Gasteiger partial charge in [-0.15, -0.1) is 11.3 Å². The van der Waals surface area contributed by atoms with Crippen molar-refractivity contribution in [2.24, 2.45) is 0 Å². The zero-order valence-electron chi connectivity index (χ0n) is 17.7. The third-order valence-corrected chi connectivity index (χ3v) is 6.27. The molecule has 3 aromatic rings. The number of morpholine rings is 1. The van der Waals surface area contributed by atoms with Crippen molar-refractivity contribution >= 4 is 39.1 Å². The van der Waals surface area contributed by atoms with Crippen molar-refractivity contribution in [2.75, 3.05) is 31.6 Å². The standard InChI is InChI=1S/C23H25N3O3S/c1-13-9-14(2)11-17(10-13)21(27)25-19-18-15(3)12-16(4)24-22(18)30-20(19)23(28)26-5-7-29-8-6-26/h9-12H,5-8H2,1-4H3,(H,25,27). The summed E-state index contributed by atoms with van der Waals surface area (Å²) in [5.41, 5.74) is 5.06. The molecule has 156 valence electrons. The van der Waals surface area contributed by atoms with Gasteiger partial charge < -0.3 is 15.0 Å². The predicted molar refractivity (Wildman–Crippen MR) is 120 cm³/mol. The van der Waals surface area contributed by atoms with Gasteiger partial charge in [0.15, 0.2) is 0 Å². The van der Waals surface area contributed by atoms with E-state index in [9.17, 15) is 9.59 Å². The number of aryl methyl sites for hydroxylation is 4. The molecule has 0 atom stereocenters. The van der Waals surface area contributed by atoms with Crippen molar-refractivity contribution in [3.63, 3.8) is 0 Å². The number of hydrogen-bond donors (Lipinski definition) is 1. The normalized spacial score (nSPS) is 14.2. The number of aromatic nitrogens is 1. The summed E-state index contributed by atoms with van der Waals surface area (Å²) in [6.45, 7) is 9.99. The Labute approximate surface area is 179 Å². The molecular weight excluding hydrogens is 398 g/mol. The van der Waals surface area contributed by atoms with E-state index in [0.29, 0.717) is 42.4 Å². The summed E-state index contributed by atoms with van der Waals surface area (Å²) in [6.07, 6.45) is 0. The van der Waals surface area contributed by atoms with Gasteiger partial charge in [-0.1, -0.05) is 17.2 Å². The van der Waals surface area contributed by atoms with Crippen LogP contribution in [0.3, 0.4) is 0 Å². The summed E-state index contributed by atoms with van der Waals surface area (Å²) in [5, 5.41) is 3.87. The Morgan fingerprint density at radius 2 is 1.70 bits per heavy atom. The van der Waals surface area contributed by atoms with E-state index in [2.05, 4.69) is 10.3 Å². The molecular formula is C23H25N3O3S. The van der Waals surface area contributed by atoms with Gasteiger partial charge in [0, 0.05) is 29.7 Å². The highest BCUT2D eigenvalue weighted by atomic mass is 32.1. The number of benzene rings is 1. The highest BCUT2D eigenvalue weighted by molar-refractivity contribution is 7.21. The molecule has 0 unspecified atom stereocenters. The van der Waals surface area contributed by atoms with Crippen LogP contribution < -0.4 is 5.32 Å². The van der Waals surface area contributed by atoms with Crippen LogP contribution in [0, 0.1) is 27.7 Å². The average molecular weight is 424 g/mol. The van der Waals surface area contributed by atoms with Gasteiger partial charge in [0.1, 0.15) is 9.71 Å². The van der Waals surface area contributed by atoms with Crippen molar-refractivity contribution in [3.05, 3.63) is 57.1 Å². The van der Waals surface area contributed by atoms with Crippen LogP contribution in [0.5, 0.6) is 0 Å². The molecule has 2 aromatic heterocycles. The summed E-state index contributed by atoms with van der Waals surface area (Å²) in [4.78, 5) is 34.1. The minimum Gasteiger partial charge on any atom is -0.378 e. The van der Waals surface area contributed by atoms with Crippen LogP contribution in [0.1, 0.15) is 42.4 Å². The zero-order valence-corrected chi connectivity index (χ0v) is 18.5. The lowest BCUT2D eigenvalue weighted by Gasteiger charge is -2.26. The molecule has 1 N–H and O–H groups in total.